The van der Waals surface area contributed by atoms with Crippen LogP contribution in [0.15, 0.2) is 36.7 Å². The molecule has 3 N–H and O–H groups in total. The lowest BCUT2D eigenvalue weighted by Crippen LogP contribution is -2.27. The normalized spacial score (nSPS) is 19.2. The van der Waals surface area contributed by atoms with Crippen LogP contribution in [0.25, 0.3) is 10.4 Å². The molecule has 1 amide bonds. The number of aryl methyl sites for hydroxylation is 1. The van der Waals surface area contributed by atoms with Crippen molar-refractivity contribution in [2.45, 2.75) is 51.6 Å². The summed E-state index contributed by atoms with van der Waals surface area (Å²) in [4.78, 5) is 26.1. The number of amides is 1. The Balaban J connectivity index is 1.59. The molecule has 1 atom stereocenters. The minimum Gasteiger partial charge on any atom is -0.383 e. The molecule has 162 valence electrons. The highest BCUT2D eigenvalue weighted by Gasteiger charge is 2.35. The molecular formula is C23H27N5O2S. The Morgan fingerprint density at radius 2 is 2.06 bits per heavy atom. The first kappa shape index (κ1) is 21.4. The Bertz CT molecular complexity index is 1100. The van der Waals surface area contributed by atoms with Crippen LogP contribution >= 0.6 is 11.3 Å². The molecule has 2 aromatic heterocycles. The molecule has 1 saturated heterocycles. The number of benzene rings is 1. The highest BCUT2D eigenvalue weighted by atomic mass is 32.1. The van der Waals surface area contributed by atoms with Crippen molar-refractivity contribution < 1.29 is 9.90 Å². The molecule has 0 unspecified atom stereocenters. The molecule has 3 heterocycles. The Kier molecular flexibility index (Phi) is 6.02. The third-order valence-corrected chi connectivity index (χ3v) is 6.66. The first-order valence-corrected chi connectivity index (χ1v) is 11.3. The van der Waals surface area contributed by atoms with E-state index in [1.54, 1.807) is 12.4 Å². The van der Waals surface area contributed by atoms with Crippen molar-refractivity contribution in [3.05, 3.63) is 52.9 Å². The van der Waals surface area contributed by atoms with Crippen molar-refractivity contribution in [2.24, 2.45) is 0 Å². The largest absolute Gasteiger partial charge is 0.383 e. The van der Waals surface area contributed by atoms with Crippen LogP contribution in [-0.4, -0.2) is 32.5 Å². The fourth-order valence-electron chi connectivity index (χ4n) is 3.66. The molecular weight excluding hydrogens is 410 g/mol. The zero-order valence-corrected chi connectivity index (χ0v) is 18.8. The van der Waals surface area contributed by atoms with Gasteiger partial charge in [-0.05, 0) is 48.6 Å². The van der Waals surface area contributed by atoms with Gasteiger partial charge in [0.25, 0.3) is 0 Å². The molecule has 0 bridgehead atoms. The van der Waals surface area contributed by atoms with Crippen LogP contribution in [0, 0.1) is 6.92 Å². The Labute approximate surface area is 186 Å². The van der Waals surface area contributed by atoms with E-state index in [0.717, 1.165) is 27.4 Å². The monoisotopic (exact) mass is 437 g/mol. The van der Waals surface area contributed by atoms with Crippen LogP contribution in [-0.2, 0) is 10.4 Å². The second-order valence-corrected chi connectivity index (χ2v) is 9.36. The summed E-state index contributed by atoms with van der Waals surface area (Å²) in [7, 11) is 0. The summed E-state index contributed by atoms with van der Waals surface area (Å²) < 4.78 is 0. The Hall–Kier alpha value is -2.84. The number of thiazole rings is 1. The van der Waals surface area contributed by atoms with E-state index in [-0.39, 0.29) is 5.91 Å². The molecule has 1 aliphatic heterocycles. The number of hydrogen-bond acceptors (Lipinski definition) is 7. The fraction of sp³-hybridized carbons (Fsp3) is 0.391. The highest BCUT2D eigenvalue weighted by molar-refractivity contribution is 7.15. The standard InChI is InChI=1S/C23H27N5O2S/c1-14(2)18-5-8-25-22(28-18)27-17-11-15(3)10-16(12-17)19-13-26-21(31-19)23(30)6-4-20(29)24-9-7-23/h5,8,10-14,30H,4,6-7,9H2,1-3H3,(H,24,29)(H,25,27,28)/t23-/m0/s1. The zero-order chi connectivity index (χ0) is 22.0. The molecule has 0 saturated carbocycles. The Morgan fingerprint density at radius 3 is 2.87 bits per heavy atom. The van der Waals surface area contributed by atoms with Crippen molar-refractivity contribution in [3.8, 4) is 10.4 Å². The average molecular weight is 438 g/mol. The molecule has 8 heteroatoms. The number of hydrogen-bond donors (Lipinski definition) is 3. The van der Waals surface area contributed by atoms with Crippen molar-refractivity contribution >= 4 is 28.9 Å². The maximum absolute atomic E-state index is 11.7. The molecule has 3 aromatic rings. The quantitative estimate of drug-likeness (QED) is 0.551. The lowest BCUT2D eigenvalue weighted by Gasteiger charge is -2.22. The average Bonchev–Trinajstić information content (AvgIpc) is 3.17. The van der Waals surface area contributed by atoms with Crippen LogP contribution in [0.5, 0.6) is 0 Å². The molecule has 0 aliphatic carbocycles. The van der Waals surface area contributed by atoms with Crippen molar-refractivity contribution in [1.82, 2.24) is 20.3 Å². The third kappa shape index (κ3) is 4.91. The summed E-state index contributed by atoms with van der Waals surface area (Å²) in [5.74, 6) is 0.871. The number of anilines is 2. The number of aliphatic hydroxyl groups is 1. The summed E-state index contributed by atoms with van der Waals surface area (Å²) >= 11 is 1.47. The van der Waals surface area contributed by atoms with Gasteiger partial charge in [-0.1, -0.05) is 19.9 Å². The maximum Gasteiger partial charge on any atom is 0.227 e. The summed E-state index contributed by atoms with van der Waals surface area (Å²) in [6.07, 6.45) is 4.72. The smallest absolute Gasteiger partial charge is 0.227 e. The topological polar surface area (TPSA) is 100 Å². The number of aromatic nitrogens is 3. The predicted molar refractivity (Wildman–Crippen MR) is 122 cm³/mol. The van der Waals surface area contributed by atoms with Crippen molar-refractivity contribution in [2.75, 3.05) is 11.9 Å². The molecule has 0 radical (unpaired) electrons. The Morgan fingerprint density at radius 1 is 1.23 bits per heavy atom. The van der Waals surface area contributed by atoms with Crippen LogP contribution in [0.2, 0.25) is 0 Å². The van der Waals surface area contributed by atoms with Crippen molar-refractivity contribution in [3.63, 3.8) is 0 Å². The lowest BCUT2D eigenvalue weighted by atomic mass is 9.96. The van der Waals surface area contributed by atoms with E-state index in [2.05, 4.69) is 45.5 Å². The number of carbonyl (C=O) groups excluding carboxylic acids is 1. The van der Waals surface area contributed by atoms with E-state index < -0.39 is 5.60 Å². The van der Waals surface area contributed by atoms with Gasteiger partial charge in [0.05, 0.1) is 4.88 Å². The molecule has 1 aliphatic rings. The lowest BCUT2D eigenvalue weighted by molar-refractivity contribution is -0.121. The summed E-state index contributed by atoms with van der Waals surface area (Å²) in [5.41, 5.74) is 2.92. The minimum absolute atomic E-state index is 0.0224. The molecule has 1 fully saturated rings. The summed E-state index contributed by atoms with van der Waals surface area (Å²) in [6, 6.07) is 8.11. The van der Waals surface area contributed by atoms with Crippen LogP contribution in [0.3, 0.4) is 0 Å². The second kappa shape index (κ2) is 8.72. The minimum atomic E-state index is -1.07. The number of nitrogens with one attached hydrogen (secondary N) is 2. The SMILES string of the molecule is Cc1cc(Nc2nccc(C(C)C)n2)cc(-c2cnc([C@@]3(O)CCNC(=O)CC3)s2)c1. The number of rotatable bonds is 5. The first-order chi connectivity index (χ1) is 14.8. The molecule has 0 spiro atoms. The van der Waals surface area contributed by atoms with E-state index in [4.69, 9.17) is 0 Å². The molecule has 4 rings (SSSR count). The first-order valence-electron chi connectivity index (χ1n) is 10.5. The van der Waals surface area contributed by atoms with Gasteiger partial charge in [0.2, 0.25) is 11.9 Å². The predicted octanol–water partition coefficient (Wildman–Crippen LogP) is 4.26. The van der Waals surface area contributed by atoms with Gasteiger partial charge in [-0.25, -0.2) is 15.0 Å². The van der Waals surface area contributed by atoms with Gasteiger partial charge in [0.15, 0.2) is 0 Å². The molecule has 7 nitrogen and oxygen atoms in total. The van der Waals surface area contributed by atoms with Gasteiger partial charge < -0.3 is 15.7 Å². The van der Waals surface area contributed by atoms with E-state index in [1.165, 1.54) is 11.3 Å². The van der Waals surface area contributed by atoms with Gasteiger partial charge >= 0.3 is 0 Å². The van der Waals surface area contributed by atoms with E-state index in [0.29, 0.717) is 42.7 Å². The van der Waals surface area contributed by atoms with Crippen LogP contribution < -0.4 is 10.6 Å². The highest BCUT2D eigenvalue weighted by Crippen LogP contribution is 2.38. The fourth-order valence-corrected chi connectivity index (χ4v) is 4.71. The second-order valence-electron chi connectivity index (χ2n) is 8.33. The zero-order valence-electron chi connectivity index (χ0n) is 18.0. The summed E-state index contributed by atoms with van der Waals surface area (Å²) in [6.45, 7) is 6.70. The van der Waals surface area contributed by atoms with E-state index >= 15 is 0 Å². The maximum atomic E-state index is 11.7. The van der Waals surface area contributed by atoms with E-state index in [9.17, 15) is 9.90 Å². The van der Waals surface area contributed by atoms with Gasteiger partial charge in [0, 0.05) is 43.2 Å². The van der Waals surface area contributed by atoms with Gasteiger partial charge in [-0.3, -0.25) is 4.79 Å². The van der Waals surface area contributed by atoms with Gasteiger partial charge in [0.1, 0.15) is 10.6 Å². The molecule has 31 heavy (non-hydrogen) atoms. The van der Waals surface area contributed by atoms with E-state index in [1.807, 2.05) is 25.1 Å². The summed E-state index contributed by atoms with van der Waals surface area (Å²) in [5, 5.41) is 17.9. The number of carbonyl (C=O) groups is 1. The van der Waals surface area contributed by atoms with Gasteiger partial charge in [-0.15, -0.1) is 11.3 Å². The van der Waals surface area contributed by atoms with Crippen LogP contribution in [0.1, 0.15) is 55.3 Å². The number of nitrogens with zero attached hydrogens (tertiary/aromatic N) is 3. The van der Waals surface area contributed by atoms with Crippen LogP contribution in [0.4, 0.5) is 11.6 Å². The third-order valence-electron chi connectivity index (χ3n) is 5.42. The van der Waals surface area contributed by atoms with Gasteiger partial charge in [-0.2, -0.15) is 0 Å². The van der Waals surface area contributed by atoms with Crippen molar-refractivity contribution in [1.29, 1.82) is 0 Å². The molecule has 1 aromatic carbocycles.